The lowest BCUT2D eigenvalue weighted by molar-refractivity contribution is -0.111. The predicted molar refractivity (Wildman–Crippen MR) is 135 cm³/mol. The average molecular weight is 499 g/mol. The first-order chi connectivity index (χ1) is 16.1. The van der Waals surface area contributed by atoms with Gasteiger partial charge in [0.15, 0.2) is 5.58 Å². The van der Waals surface area contributed by atoms with E-state index in [1.165, 1.54) is 6.08 Å². The molecule has 0 aliphatic carbocycles. The number of nitrogens with zero attached hydrogens (tertiary/aromatic N) is 1. The smallest absolute Gasteiger partial charge is 0.248 e. The lowest BCUT2D eigenvalue weighted by Gasteiger charge is -2.04. The van der Waals surface area contributed by atoms with E-state index in [1.807, 2.05) is 66.7 Å². The van der Waals surface area contributed by atoms with Crippen molar-refractivity contribution in [1.82, 2.24) is 4.98 Å². The number of amides is 1. The summed E-state index contributed by atoms with van der Waals surface area (Å²) in [6.45, 7) is 0. The summed E-state index contributed by atoms with van der Waals surface area (Å²) in [6, 6.07) is 25.0. The second kappa shape index (κ2) is 8.92. The number of halogens is 1. The minimum atomic E-state index is -0.229. The molecule has 0 aliphatic heterocycles. The summed E-state index contributed by atoms with van der Waals surface area (Å²) in [5.74, 6) is 1.08. The summed E-state index contributed by atoms with van der Waals surface area (Å²) in [4.78, 5) is 17.1. The summed E-state index contributed by atoms with van der Waals surface area (Å²) < 4.78 is 12.2. The first-order valence-electron chi connectivity index (χ1n) is 10.3. The van der Waals surface area contributed by atoms with Crippen LogP contribution in [0.2, 0.25) is 0 Å². The Kier molecular flexibility index (Phi) is 5.67. The number of carbonyl (C=O) groups is 1. The van der Waals surface area contributed by atoms with E-state index >= 15 is 0 Å². The SMILES string of the molecule is COc1ccc(/C=C/C(=O)Nc2ccc3oc(-c4cccc5c(Br)cccc45)nc3c2)cc1. The Bertz CT molecular complexity index is 1500. The van der Waals surface area contributed by atoms with Gasteiger partial charge in [0.25, 0.3) is 0 Å². The van der Waals surface area contributed by atoms with Gasteiger partial charge in [-0.2, -0.15) is 0 Å². The van der Waals surface area contributed by atoms with Crippen LogP contribution in [0.1, 0.15) is 5.56 Å². The van der Waals surface area contributed by atoms with E-state index in [-0.39, 0.29) is 5.91 Å². The fraction of sp³-hybridized carbons (Fsp3) is 0.0370. The van der Waals surface area contributed by atoms with Gasteiger partial charge in [0.1, 0.15) is 11.3 Å². The van der Waals surface area contributed by atoms with Crippen molar-refractivity contribution in [1.29, 1.82) is 0 Å². The van der Waals surface area contributed by atoms with Gasteiger partial charge >= 0.3 is 0 Å². The predicted octanol–water partition coefficient (Wildman–Crippen LogP) is 7.07. The average Bonchev–Trinajstić information content (AvgIpc) is 3.26. The fourth-order valence-electron chi connectivity index (χ4n) is 3.65. The molecule has 5 nitrogen and oxygen atoms in total. The zero-order valence-electron chi connectivity index (χ0n) is 17.7. The van der Waals surface area contributed by atoms with Crippen molar-refractivity contribution in [2.45, 2.75) is 0 Å². The van der Waals surface area contributed by atoms with Crippen LogP contribution in [0.15, 0.2) is 93.8 Å². The molecule has 0 unspecified atom stereocenters. The summed E-state index contributed by atoms with van der Waals surface area (Å²) in [5, 5.41) is 5.02. The van der Waals surface area contributed by atoms with Crippen LogP contribution in [-0.4, -0.2) is 18.0 Å². The number of rotatable bonds is 5. The van der Waals surface area contributed by atoms with Gasteiger partial charge in [-0.05, 0) is 64.9 Å². The number of anilines is 1. The minimum Gasteiger partial charge on any atom is -0.497 e. The van der Waals surface area contributed by atoms with Crippen LogP contribution in [0, 0.1) is 0 Å². The molecule has 0 aliphatic rings. The van der Waals surface area contributed by atoms with E-state index in [4.69, 9.17) is 9.15 Å². The Labute approximate surface area is 198 Å². The van der Waals surface area contributed by atoms with Gasteiger partial charge in [-0.1, -0.05) is 52.3 Å². The van der Waals surface area contributed by atoms with Crippen molar-refractivity contribution in [3.05, 3.63) is 95.0 Å². The van der Waals surface area contributed by atoms with Crippen molar-refractivity contribution in [2.75, 3.05) is 12.4 Å². The third kappa shape index (κ3) is 4.38. The van der Waals surface area contributed by atoms with Crippen molar-refractivity contribution >= 4 is 55.5 Å². The number of hydrogen-bond donors (Lipinski definition) is 1. The molecule has 1 heterocycles. The largest absolute Gasteiger partial charge is 0.497 e. The third-order valence-corrected chi connectivity index (χ3v) is 5.99. The molecule has 1 amide bonds. The summed E-state index contributed by atoms with van der Waals surface area (Å²) in [5.41, 5.74) is 3.80. The van der Waals surface area contributed by atoms with E-state index < -0.39 is 0 Å². The molecule has 1 aromatic heterocycles. The maximum atomic E-state index is 12.4. The number of aromatic nitrogens is 1. The highest BCUT2D eigenvalue weighted by Gasteiger charge is 2.13. The highest BCUT2D eigenvalue weighted by Crippen LogP contribution is 2.34. The van der Waals surface area contributed by atoms with Gasteiger partial charge in [-0.25, -0.2) is 4.98 Å². The number of hydrogen-bond acceptors (Lipinski definition) is 4. The molecular formula is C27H19BrN2O3. The van der Waals surface area contributed by atoms with E-state index in [0.29, 0.717) is 22.7 Å². The molecule has 0 saturated heterocycles. The number of nitrogens with one attached hydrogen (secondary N) is 1. The molecular weight excluding hydrogens is 480 g/mol. The molecule has 0 bridgehead atoms. The van der Waals surface area contributed by atoms with Crippen LogP contribution in [0.25, 0.3) is 39.4 Å². The molecule has 0 radical (unpaired) electrons. The molecule has 0 atom stereocenters. The Hall–Kier alpha value is -3.90. The van der Waals surface area contributed by atoms with E-state index in [0.717, 1.165) is 32.1 Å². The van der Waals surface area contributed by atoms with E-state index in [1.54, 1.807) is 19.3 Å². The Morgan fingerprint density at radius 1 is 1.00 bits per heavy atom. The van der Waals surface area contributed by atoms with Crippen LogP contribution in [-0.2, 0) is 4.79 Å². The number of methoxy groups -OCH3 is 1. The second-order valence-corrected chi connectivity index (χ2v) is 8.29. The Morgan fingerprint density at radius 2 is 1.79 bits per heavy atom. The number of oxazole rings is 1. The minimum absolute atomic E-state index is 0.229. The van der Waals surface area contributed by atoms with Crippen molar-refractivity contribution in [3.8, 4) is 17.2 Å². The van der Waals surface area contributed by atoms with Crippen molar-refractivity contribution in [2.24, 2.45) is 0 Å². The van der Waals surface area contributed by atoms with Gasteiger partial charge in [-0.15, -0.1) is 0 Å². The summed E-state index contributed by atoms with van der Waals surface area (Å²) in [7, 11) is 1.62. The lowest BCUT2D eigenvalue weighted by atomic mass is 10.0. The molecule has 1 N–H and O–H groups in total. The van der Waals surface area contributed by atoms with Crippen molar-refractivity contribution in [3.63, 3.8) is 0 Å². The number of carbonyl (C=O) groups excluding carboxylic acids is 1. The van der Waals surface area contributed by atoms with Crippen LogP contribution < -0.4 is 10.1 Å². The Balaban J connectivity index is 1.38. The van der Waals surface area contributed by atoms with Crippen LogP contribution in [0.3, 0.4) is 0 Å². The fourth-order valence-corrected chi connectivity index (χ4v) is 4.15. The second-order valence-electron chi connectivity index (χ2n) is 7.44. The van der Waals surface area contributed by atoms with Crippen molar-refractivity contribution < 1.29 is 13.9 Å². The highest BCUT2D eigenvalue weighted by atomic mass is 79.9. The zero-order chi connectivity index (χ0) is 22.8. The lowest BCUT2D eigenvalue weighted by Crippen LogP contribution is -2.07. The van der Waals surface area contributed by atoms with E-state index in [9.17, 15) is 4.79 Å². The highest BCUT2D eigenvalue weighted by molar-refractivity contribution is 9.10. The monoisotopic (exact) mass is 498 g/mol. The maximum absolute atomic E-state index is 12.4. The Morgan fingerprint density at radius 3 is 2.61 bits per heavy atom. The first kappa shape index (κ1) is 21.0. The molecule has 5 aromatic rings. The van der Waals surface area contributed by atoms with Gasteiger partial charge < -0.3 is 14.5 Å². The number of fused-ring (bicyclic) bond motifs is 2. The normalized spacial score (nSPS) is 11.3. The van der Waals surface area contributed by atoms with Gasteiger partial charge in [0.2, 0.25) is 11.8 Å². The first-order valence-corrected chi connectivity index (χ1v) is 11.1. The molecule has 4 aromatic carbocycles. The summed E-state index contributed by atoms with van der Waals surface area (Å²) in [6.07, 6.45) is 3.24. The van der Waals surface area contributed by atoms with Gasteiger partial charge in [0.05, 0.1) is 7.11 Å². The topological polar surface area (TPSA) is 64.4 Å². The van der Waals surface area contributed by atoms with Crippen LogP contribution in [0.4, 0.5) is 5.69 Å². The maximum Gasteiger partial charge on any atom is 0.248 e. The molecule has 0 fully saturated rings. The van der Waals surface area contributed by atoms with Crippen LogP contribution in [0.5, 0.6) is 5.75 Å². The molecule has 0 saturated carbocycles. The van der Waals surface area contributed by atoms with E-state index in [2.05, 4.69) is 32.3 Å². The van der Waals surface area contributed by atoms with Gasteiger partial charge in [0, 0.05) is 21.8 Å². The van der Waals surface area contributed by atoms with Gasteiger partial charge in [-0.3, -0.25) is 4.79 Å². The quantitative estimate of drug-likeness (QED) is 0.263. The number of ether oxygens (including phenoxy) is 1. The standard InChI is InChI=1S/C27H19BrN2O3/c1-32-19-12-8-17(9-13-19)10-15-26(31)29-18-11-14-25-24(16-18)30-27(33-25)22-6-2-5-21-20(22)4-3-7-23(21)28/h2-16H,1H3,(H,29,31)/b15-10+. The molecule has 6 heteroatoms. The molecule has 0 spiro atoms. The third-order valence-electron chi connectivity index (χ3n) is 5.30. The molecule has 162 valence electrons. The molecule has 5 rings (SSSR count). The van der Waals surface area contributed by atoms with Crippen LogP contribution >= 0.6 is 15.9 Å². The zero-order valence-corrected chi connectivity index (χ0v) is 19.3. The molecule has 33 heavy (non-hydrogen) atoms. The number of benzene rings is 4. The summed E-state index contributed by atoms with van der Waals surface area (Å²) >= 11 is 3.60.